The van der Waals surface area contributed by atoms with Gasteiger partial charge in [-0.2, -0.15) is 0 Å². The summed E-state index contributed by atoms with van der Waals surface area (Å²) in [6, 6.07) is 0. The first kappa shape index (κ1) is 10.2. The lowest BCUT2D eigenvalue weighted by Gasteiger charge is -2.36. The van der Waals surface area contributed by atoms with Crippen LogP contribution in [0.1, 0.15) is 12.8 Å². The number of alkyl halides is 1. The van der Waals surface area contributed by atoms with Crippen LogP contribution in [0.3, 0.4) is 0 Å². The molecule has 0 aliphatic carbocycles. The van der Waals surface area contributed by atoms with Crippen LogP contribution in [-0.4, -0.2) is 41.8 Å². The largest absolute Gasteiger partial charge is 0.393 e. The summed E-state index contributed by atoms with van der Waals surface area (Å²) in [5.74, 6) is -0.0709. The van der Waals surface area contributed by atoms with Gasteiger partial charge in [0, 0.05) is 19.0 Å². The molecule has 0 saturated carbocycles. The van der Waals surface area contributed by atoms with Gasteiger partial charge >= 0.3 is 0 Å². The van der Waals surface area contributed by atoms with Gasteiger partial charge in [0.25, 0.3) is 0 Å². The number of nitrogens with two attached hydrogens (primary N) is 1. The fourth-order valence-electron chi connectivity index (χ4n) is 1.66. The van der Waals surface area contributed by atoms with Crippen molar-refractivity contribution in [1.82, 2.24) is 4.90 Å². The summed E-state index contributed by atoms with van der Waals surface area (Å²) in [5.41, 5.74) is 5.30. The zero-order valence-corrected chi connectivity index (χ0v) is 7.54. The van der Waals surface area contributed by atoms with Crippen LogP contribution in [0.4, 0.5) is 4.39 Å². The molecule has 2 atom stereocenters. The van der Waals surface area contributed by atoms with Crippen LogP contribution in [0.15, 0.2) is 0 Å². The van der Waals surface area contributed by atoms with Crippen LogP contribution in [0.2, 0.25) is 0 Å². The molecular weight excluding hydrogens is 173 g/mol. The van der Waals surface area contributed by atoms with Crippen LogP contribution in [-0.2, 0) is 0 Å². The lowest BCUT2D eigenvalue weighted by Crippen LogP contribution is -2.48. The molecule has 0 spiro atoms. The van der Waals surface area contributed by atoms with Crippen LogP contribution < -0.4 is 5.73 Å². The van der Waals surface area contributed by atoms with E-state index in [1.54, 1.807) is 4.90 Å². The monoisotopic (exact) mass is 189 g/mol. The molecule has 1 aliphatic rings. The third-order valence-corrected chi connectivity index (χ3v) is 2.51. The van der Waals surface area contributed by atoms with E-state index in [1.807, 2.05) is 0 Å². The van der Waals surface area contributed by atoms with Gasteiger partial charge < -0.3 is 15.7 Å². The number of hydrogen-bond acceptors (Lipinski definition) is 2. The van der Waals surface area contributed by atoms with Crippen molar-refractivity contribution in [2.45, 2.75) is 18.9 Å². The molecule has 5 heteroatoms. The summed E-state index contributed by atoms with van der Waals surface area (Å²) in [5, 5.41) is 16.7. The first-order valence-electron chi connectivity index (χ1n) is 4.48. The van der Waals surface area contributed by atoms with Gasteiger partial charge in [0.1, 0.15) is 0 Å². The van der Waals surface area contributed by atoms with E-state index < -0.39 is 12.8 Å². The van der Waals surface area contributed by atoms with Gasteiger partial charge in [-0.25, -0.2) is 0 Å². The average Bonchev–Trinajstić information content (AvgIpc) is 2.08. The van der Waals surface area contributed by atoms with Crippen LogP contribution in [0.25, 0.3) is 0 Å². The molecule has 1 saturated heterocycles. The number of aliphatic hydroxyl groups is 1. The number of hydrogen-bond donors (Lipinski definition) is 3. The van der Waals surface area contributed by atoms with E-state index in [9.17, 15) is 9.50 Å². The number of aliphatic hydroxyl groups excluding tert-OH is 1. The van der Waals surface area contributed by atoms with E-state index in [0.717, 1.165) is 0 Å². The highest BCUT2D eigenvalue weighted by Crippen LogP contribution is 2.19. The van der Waals surface area contributed by atoms with E-state index in [1.165, 1.54) is 0 Å². The summed E-state index contributed by atoms with van der Waals surface area (Å²) < 4.78 is 12.1. The summed E-state index contributed by atoms with van der Waals surface area (Å²) in [7, 11) is 0. The standard InChI is InChI=1S/C8H16FN3O/c9-3-1-6-5-12(8(10)11)4-2-7(6)13/h6-7,13H,1-5H2,(H3,10,11)/t6-,7-/m0/s1. The van der Waals surface area contributed by atoms with Crippen LogP contribution in [0.5, 0.6) is 0 Å². The molecule has 0 aromatic heterocycles. The average molecular weight is 189 g/mol. The summed E-state index contributed by atoms with van der Waals surface area (Å²) >= 11 is 0. The predicted molar refractivity (Wildman–Crippen MR) is 48.2 cm³/mol. The van der Waals surface area contributed by atoms with Crippen molar-refractivity contribution in [1.29, 1.82) is 5.41 Å². The lowest BCUT2D eigenvalue weighted by atomic mass is 9.92. The Balaban J connectivity index is 2.47. The number of likely N-dealkylation sites (tertiary alicyclic amines) is 1. The molecule has 13 heavy (non-hydrogen) atoms. The molecule has 76 valence electrons. The summed E-state index contributed by atoms with van der Waals surface area (Å²) in [6.45, 7) is 0.674. The minimum Gasteiger partial charge on any atom is -0.393 e. The first-order valence-corrected chi connectivity index (χ1v) is 4.48. The smallest absolute Gasteiger partial charge is 0.188 e. The predicted octanol–water partition coefficient (Wildman–Crippen LogP) is -0.0777. The number of piperidine rings is 1. The van der Waals surface area contributed by atoms with Gasteiger partial charge in [0.05, 0.1) is 12.8 Å². The van der Waals surface area contributed by atoms with Crippen molar-refractivity contribution in [2.24, 2.45) is 11.7 Å². The van der Waals surface area contributed by atoms with Gasteiger partial charge in [0.2, 0.25) is 0 Å². The van der Waals surface area contributed by atoms with E-state index in [0.29, 0.717) is 25.9 Å². The third-order valence-electron chi connectivity index (χ3n) is 2.51. The fraction of sp³-hybridized carbons (Fsp3) is 0.875. The minimum absolute atomic E-state index is 0.00996. The van der Waals surface area contributed by atoms with Crippen molar-refractivity contribution in [3.8, 4) is 0 Å². The van der Waals surface area contributed by atoms with Crippen molar-refractivity contribution in [3.63, 3.8) is 0 Å². The second-order valence-electron chi connectivity index (χ2n) is 3.43. The maximum Gasteiger partial charge on any atom is 0.188 e. The molecule has 1 fully saturated rings. The Kier molecular flexibility index (Phi) is 3.48. The molecule has 1 rings (SSSR count). The number of nitrogens with one attached hydrogen (secondary N) is 1. The Hall–Kier alpha value is -0.840. The maximum atomic E-state index is 12.1. The Morgan fingerprint density at radius 3 is 2.92 bits per heavy atom. The Labute approximate surface area is 77.0 Å². The minimum atomic E-state index is -0.439. The van der Waals surface area contributed by atoms with Gasteiger partial charge in [0.15, 0.2) is 5.96 Å². The zero-order valence-electron chi connectivity index (χ0n) is 7.54. The molecule has 0 amide bonds. The SMILES string of the molecule is N=C(N)N1CC[C@H](O)[C@@H](CCF)C1. The van der Waals surface area contributed by atoms with Gasteiger partial charge in [-0.3, -0.25) is 9.80 Å². The number of halogens is 1. The van der Waals surface area contributed by atoms with Crippen molar-refractivity contribution in [3.05, 3.63) is 0 Å². The van der Waals surface area contributed by atoms with E-state index in [2.05, 4.69) is 0 Å². The molecule has 1 aliphatic heterocycles. The number of nitrogens with zero attached hydrogens (tertiary/aromatic N) is 1. The topological polar surface area (TPSA) is 73.3 Å². The Morgan fingerprint density at radius 1 is 1.69 bits per heavy atom. The molecular formula is C8H16FN3O. The van der Waals surface area contributed by atoms with Crippen LogP contribution >= 0.6 is 0 Å². The van der Waals surface area contributed by atoms with E-state index in [-0.39, 0.29) is 11.9 Å². The molecule has 4 nitrogen and oxygen atoms in total. The first-order chi connectivity index (χ1) is 6.15. The maximum absolute atomic E-state index is 12.1. The lowest BCUT2D eigenvalue weighted by molar-refractivity contribution is 0.0419. The van der Waals surface area contributed by atoms with Crippen LogP contribution in [0, 0.1) is 11.3 Å². The molecule has 0 radical (unpaired) electrons. The quantitative estimate of drug-likeness (QED) is 0.420. The molecule has 0 bridgehead atoms. The second kappa shape index (κ2) is 4.41. The number of rotatable bonds is 2. The normalized spacial score (nSPS) is 28.9. The zero-order chi connectivity index (χ0) is 9.84. The molecule has 0 aromatic carbocycles. The molecule has 1 heterocycles. The molecule has 0 unspecified atom stereocenters. The van der Waals surface area contributed by atoms with Gasteiger partial charge in [-0.1, -0.05) is 0 Å². The van der Waals surface area contributed by atoms with Crippen molar-refractivity contribution < 1.29 is 9.50 Å². The highest BCUT2D eigenvalue weighted by atomic mass is 19.1. The van der Waals surface area contributed by atoms with Gasteiger partial charge in [-0.05, 0) is 12.8 Å². The van der Waals surface area contributed by atoms with E-state index >= 15 is 0 Å². The van der Waals surface area contributed by atoms with E-state index in [4.69, 9.17) is 11.1 Å². The van der Waals surface area contributed by atoms with Gasteiger partial charge in [-0.15, -0.1) is 0 Å². The fourth-order valence-corrected chi connectivity index (χ4v) is 1.66. The molecule has 0 aromatic rings. The molecule has 4 N–H and O–H groups in total. The highest BCUT2D eigenvalue weighted by molar-refractivity contribution is 5.74. The summed E-state index contributed by atoms with van der Waals surface area (Å²) in [6.07, 6.45) is 0.487. The Bertz CT molecular complexity index is 188. The summed E-state index contributed by atoms with van der Waals surface area (Å²) in [4.78, 5) is 1.67. The third kappa shape index (κ3) is 2.55. The van der Waals surface area contributed by atoms with Crippen molar-refractivity contribution >= 4 is 5.96 Å². The number of guanidine groups is 1. The van der Waals surface area contributed by atoms with Crippen molar-refractivity contribution in [2.75, 3.05) is 19.8 Å². The highest BCUT2D eigenvalue weighted by Gasteiger charge is 2.27. The Morgan fingerprint density at radius 2 is 2.38 bits per heavy atom. The second-order valence-corrected chi connectivity index (χ2v) is 3.43.